The van der Waals surface area contributed by atoms with Crippen molar-refractivity contribution in [2.75, 3.05) is 0 Å². The first kappa shape index (κ1) is 9.80. The fourth-order valence-corrected chi connectivity index (χ4v) is 1.39. The number of hydrogen-bond acceptors (Lipinski definition) is 2. The quantitative estimate of drug-likeness (QED) is 0.599. The molecule has 0 spiro atoms. The summed E-state index contributed by atoms with van der Waals surface area (Å²) in [4.78, 5) is 10.8. The highest BCUT2D eigenvalue weighted by Crippen LogP contribution is 2.19. The third kappa shape index (κ3) is 3.75. The molecule has 0 heterocycles. The molecule has 1 aromatic carbocycles. The number of benzene rings is 1. The summed E-state index contributed by atoms with van der Waals surface area (Å²) in [6, 6.07) is 5.97. The van der Waals surface area contributed by atoms with E-state index < -0.39 is 5.97 Å². The number of hydrogen-bond donors (Lipinski definition) is 1. The lowest BCUT2D eigenvalue weighted by molar-refractivity contribution is -0.131. The smallest absolute Gasteiger partial charge is 0.328 e. The fraction of sp³-hybridized carbons (Fsp3) is 0. The van der Waals surface area contributed by atoms with Gasteiger partial charge < -0.3 is 5.11 Å². The maximum Gasteiger partial charge on any atom is 0.328 e. The number of carboxylic acids is 1. The fourth-order valence-electron chi connectivity index (χ4n) is 0.711. The van der Waals surface area contributed by atoms with Crippen molar-refractivity contribution in [2.24, 2.45) is 0 Å². The lowest BCUT2D eigenvalue weighted by Crippen LogP contribution is -1.84. The predicted octanol–water partition coefficient (Wildman–Crippen LogP) is 2.52. The van der Waals surface area contributed by atoms with Crippen LogP contribution in [0.4, 0.5) is 4.39 Å². The molecule has 0 aliphatic heterocycles. The van der Waals surface area contributed by atoms with Gasteiger partial charge in [0.15, 0.2) is 0 Å². The van der Waals surface area contributed by atoms with Gasteiger partial charge in [0.2, 0.25) is 0 Å². The van der Waals surface area contributed by atoms with Crippen LogP contribution in [0.25, 0.3) is 0 Å². The van der Waals surface area contributed by atoms with Gasteiger partial charge in [0.1, 0.15) is 5.82 Å². The Hall–Kier alpha value is -1.29. The van der Waals surface area contributed by atoms with E-state index in [0.29, 0.717) is 4.90 Å². The van der Waals surface area contributed by atoms with Crippen molar-refractivity contribution < 1.29 is 14.3 Å². The second-order valence-corrected chi connectivity index (χ2v) is 3.20. The van der Waals surface area contributed by atoms with E-state index in [0.717, 1.165) is 17.8 Å². The molecule has 68 valence electrons. The molecule has 0 radical (unpaired) electrons. The maximum absolute atomic E-state index is 12.6. The highest BCUT2D eigenvalue weighted by molar-refractivity contribution is 8.02. The first-order chi connectivity index (χ1) is 6.18. The average molecular weight is 198 g/mol. The van der Waals surface area contributed by atoms with Gasteiger partial charge >= 0.3 is 5.97 Å². The van der Waals surface area contributed by atoms with Crippen LogP contribution in [-0.4, -0.2) is 11.1 Å². The van der Waals surface area contributed by atoms with Crippen molar-refractivity contribution >= 4 is 17.7 Å². The van der Waals surface area contributed by atoms with E-state index in [1.807, 2.05) is 0 Å². The summed E-state index contributed by atoms with van der Waals surface area (Å²) in [5.41, 5.74) is 0. The molecule has 0 saturated heterocycles. The molecule has 0 aliphatic rings. The molecule has 0 aliphatic carbocycles. The summed E-state index contributed by atoms with van der Waals surface area (Å²) < 4.78 is 12.6. The summed E-state index contributed by atoms with van der Waals surface area (Å²) in [7, 11) is 0. The van der Waals surface area contributed by atoms with Crippen molar-refractivity contribution in [1.29, 1.82) is 0 Å². The molecule has 0 unspecified atom stereocenters. The first-order valence-corrected chi connectivity index (χ1v) is 4.38. The van der Waals surface area contributed by atoms with Gasteiger partial charge in [-0.25, -0.2) is 9.18 Å². The summed E-state index contributed by atoms with van der Waals surface area (Å²) in [5, 5.41) is 9.67. The van der Waals surface area contributed by atoms with Crippen LogP contribution < -0.4 is 0 Å². The van der Waals surface area contributed by atoms with Gasteiger partial charge in [0, 0.05) is 11.0 Å². The summed E-state index contributed by atoms with van der Waals surface area (Å²) in [5.74, 6) is -1.34. The molecule has 0 aromatic heterocycles. The van der Waals surface area contributed by atoms with Crippen LogP contribution >= 0.6 is 11.8 Å². The molecule has 1 N–H and O–H groups in total. The zero-order valence-electron chi connectivity index (χ0n) is 6.61. The normalized spacial score (nSPS) is 10.5. The standard InChI is InChI=1S/C9H7FO2S/c10-7-2-1-3-8(6-7)13-5-4-9(11)12/h1-6H,(H,11,12). The van der Waals surface area contributed by atoms with Gasteiger partial charge in [-0.3, -0.25) is 0 Å². The second-order valence-electron chi connectivity index (χ2n) is 2.22. The van der Waals surface area contributed by atoms with Crippen molar-refractivity contribution in [3.8, 4) is 0 Å². The van der Waals surface area contributed by atoms with Crippen LogP contribution in [0.5, 0.6) is 0 Å². The van der Waals surface area contributed by atoms with E-state index in [4.69, 9.17) is 5.11 Å². The summed E-state index contributed by atoms with van der Waals surface area (Å²) in [6.07, 6.45) is 1.01. The van der Waals surface area contributed by atoms with Gasteiger partial charge in [-0.2, -0.15) is 0 Å². The van der Waals surface area contributed by atoms with Crippen LogP contribution in [0.15, 0.2) is 40.6 Å². The molecule has 0 saturated carbocycles. The van der Waals surface area contributed by atoms with Gasteiger partial charge in [-0.05, 0) is 23.6 Å². The van der Waals surface area contributed by atoms with E-state index in [1.165, 1.54) is 17.5 Å². The number of carbonyl (C=O) groups is 1. The lowest BCUT2D eigenvalue weighted by atomic mass is 10.4. The van der Waals surface area contributed by atoms with Crippen LogP contribution in [-0.2, 0) is 4.79 Å². The highest BCUT2D eigenvalue weighted by atomic mass is 32.2. The Morgan fingerprint density at radius 2 is 2.31 bits per heavy atom. The van der Waals surface area contributed by atoms with E-state index >= 15 is 0 Å². The summed E-state index contributed by atoms with van der Waals surface area (Å²) in [6.45, 7) is 0. The minimum atomic E-state index is -1.01. The SMILES string of the molecule is O=C(O)C=CSc1cccc(F)c1. The van der Waals surface area contributed by atoms with Gasteiger partial charge in [0.05, 0.1) is 0 Å². The third-order valence-electron chi connectivity index (χ3n) is 1.21. The molecule has 0 fully saturated rings. The zero-order valence-corrected chi connectivity index (χ0v) is 7.42. The zero-order chi connectivity index (χ0) is 9.68. The minimum Gasteiger partial charge on any atom is -0.478 e. The molecule has 0 atom stereocenters. The lowest BCUT2D eigenvalue weighted by Gasteiger charge is -1.94. The largest absolute Gasteiger partial charge is 0.478 e. The number of carboxylic acid groups (broad SMARTS) is 1. The Kier molecular flexibility index (Phi) is 3.52. The summed E-state index contributed by atoms with van der Waals surface area (Å²) >= 11 is 1.16. The molecule has 1 rings (SSSR count). The van der Waals surface area contributed by atoms with E-state index in [2.05, 4.69) is 0 Å². The van der Waals surface area contributed by atoms with Crippen molar-refractivity contribution in [3.05, 3.63) is 41.6 Å². The molecular formula is C9H7FO2S. The van der Waals surface area contributed by atoms with Crippen molar-refractivity contribution in [2.45, 2.75) is 4.90 Å². The van der Waals surface area contributed by atoms with Gasteiger partial charge in [-0.15, -0.1) is 0 Å². The Bertz CT molecular complexity index is 336. The Balaban J connectivity index is 2.59. The van der Waals surface area contributed by atoms with Crippen LogP contribution in [0.3, 0.4) is 0 Å². The topological polar surface area (TPSA) is 37.3 Å². The molecule has 13 heavy (non-hydrogen) atoms. The Labute approximate surface area is 79.1 Å². The van der Waals surface area contributed by atoms with Crippen LogP contribution in [0, 0.1) is 5.82 Å². The number of rotatable bonds is 3. The number of halogens is 1. The number of aliphatic carboxylic acids is 1. The van der Waals surface area contributed by atoms with Gasteiger partial charge in [0.25, 0.3) is 0 Å². The van der Waals surface area contributed by atoms with Gasteiger partial charge in [-0.1, -0.05) is 17.8 Å². The molecular weight excluding hydrogens is 191 g/mol. The minimum absolute atomic E-state index is 0.325. The molecule has 0 bridgehead atoms. The van der Waals surface area contributed by atoms with E-state index in [9.17, 15) is 9.18 Å². The average Bonchev–Trinajstić information content (AvgIpc) is 2.03. The van der Waals surface area contributed by atoms with E-state index in [1.54, 1.807) is 12.1 Å². The van der Waals surface area contributed by atoms with Crippen molar-refractivity contribution in [1.82, 2.24) is 0 Å². The predicted molar refractivity (Wildman–Crippen MR) is 49.0 cm³/mol. The highest BCUT2D eigenvalue weighted by Gasteiger charge is 1.93. The monoisotopic (exact) mass is 198 g/mol. The third-order valence-corrected chi connectivity index (χ3v) is 2.01. The van der Waals surface area contributed by atoms with Crippen molar-refractivity contribution in [3.63, 3.8) is 0 Å². The Morgan fingerprint density at radius 3 is 2.92 bits per heavy atom. The molecule has 1 aromatic rings. The Morgan fingerprint density at radius 1 is 1.54 bits per heavy atom. The van der Waals surface area contributed by atoms with E-state index in [-0.39, 0.29) is 5.82 Å². The second kappa shape index (κ2) is 4.67. The van der Waals surface area contributed by atoms with Crippen LogP contribution in [0.2, 0.25) is 0 Å². The maximum atomic E-state index is 12.6. The first-order valence-electron chi connectivity index (χ1n) is 3.50. The molecule has 2 nitrogen and oxygen atoms in total. The number of thioether (sulfide) groups is 1. The molecule has 4 heteroatoms. The molecule has 0 amide bonds. The van der Waals surface area contributed by atoms with Crippen LogP contribution in [0.1, 0.15) is 0 Å².